The first-order valence-electron chi connectivity index (χ1n) is 8.49. The number of benzene rings is 2. The van der Waals surface area contributed by atoms with Gasteiger partial charge < -0.3 is 9.64 Å². The van der Waals surface area contributed by atoms with E-state index in [4.69, 9.17) is 16.3 Å². The molecule has 5 nitrogen and oxygen atoms in total. The molecule has 1 heterocycles. The second-order valence-corrected chi connectivity index (χ2v) is 8.80. The predicted molar refractivity (Wildman–Crippen MR) is 105 cm³/mol. The van der Waals surface area contributed by atoms with Gasteiger partial charge in [-0.05, 0) is 61.4 Å². The van der Waals surface area contributed by atoms with E-state index in [0.717, 1.165) is 11.3 Å². The van der Waals surface area contributed by atoms with Crippen molar-refractivity contribution < 1.29 is 13.2 Å². The maximum absolute atomic E-state index is 13.0. The quantitative estimate of drug-likeness (QED) is 0.796. The van der Waals surface area contributed by atoms with Crippen LogP contribution in [-0.2, 0) is 10.0 Å². The summed E-state index contributed by atoms with van der Waals surface area (Å²) in [6.07, 6.45) is 0. The highest BCUT2D eigenvalue weighted by Crippen LogP contribution is 2.28. The molecule has 2 aromatic rings. The molecule has 1 saturated heterocycles. The Labute approximate surface area is 160 Å². The van der Waals surface area contributed by atoms with Gasteiger partial charge in [0.25, 0.3) is 0 Å². The average molecular weight is 395 g/mol. The predicted octanol–water partition coefficient (Wildman–Crippen LogP) is 3.48. The molecule has 0 spiro atoms. The second kappa shape index (κ2) is 7.47. The first kappa shape index (κ1) is 19.0. The van der Waals surface area contributed by atoms with Crippen molar-refractivity contribution in [2.75, 3.05) is 38.2 Å². The molecule has 7 heteroatoms. The summed E-state index contributed by atoms with van der Waals surface area (Å²) in [5, 5.41) is 0.711. The minimum absolute atomic E-state index is 0.342. The van der Waals surface area contributed by atoms with Gasteiger partial charge in [0.1, 0.15) is 5.75 Å². The van der Waals surface area contributed by atoms with Crippen LogP contribution in [0.1, 0.15) is 11.1 Å². The number of sulfonamides is 1. The van der Waals surface area contributed by atoms with E-state index in [9.17, 15) is 8.42 Å². The van der Waals surface area contributed by atoms with Crippen molar-refractivity contribution in [3.63, 3.8) is 0 Å². The van der Waals surface area contributed by atoms with Gasteiger partial charge in [-0.3, -0.25) is 0 Å². The first-order chi connectivity index (χ1) is 12.3. The van der Waals surface area contributed by atoms with Gasteiger partial charge in [0.05, 0.1) is 12.0 Å². The highest BCUT2D eigenvalue weighted by molar-refractivity contribution is 7.89. The normalized spacial score (nSPS) is 15.9. The van der Waals surface area contributed by atoms with Gasteiger partial charge in [-0.15, -0.1) is 0 Å². The fourth-order valence-electron chi connectivity index (χ4n) is 3.32. The zero-order valence-electron chi connectivity index (χ0n) is 15.2. The van der Waals surface area contributed by atoms with Crippen molar-refractivity contribution in [2.24, 2.45) is 0 Å². The number of hydrogen-bond acceptors (Lipinski definition) is 4. The summed E-state index contributed by atoms with van der Waals surface area (Å²) in [7, 11) is -1.94. The number of piperazine rings is 1. The SMILES string of the molecule is COc1ccc(S(=O)(=O)N2CCN(c3ccc(Cl)cc3C)CC2)c(C)c1. The van der Waals surface area contributed by atoms with Crippen LogP contribution >= 0.6 is 11.6 Å². The van der Waals surface area contributed by atoms with Crippen LogP contribution < -0.4 is 9.64 Å². The van der Waals surface area contributed by atoms with Crippen molar-refractivity contribution >= 4 is 27.3 Å². The number of nitrogens with zero attached hydrogens (tertiary/aromatic N) is 2. The van der Waals surface area contributed by atoms with Crippen molar-refractivity contribution in [2.45, 2.75) is 18.7 Å². The van der Waals surface area contributed by atoms with Gasteiger partial charge in [-0.1, -0.05) is 11.6 Å². The Balaban J connectivity index is 1.76. The van der Waals surface area contributed by atoms with E-state index < -0.39 is 10.0 Å². The smallest absolute Gasteiger partial charge is 0.243 e. The molecule has 0 amide bonds. The highest BCUT2D eigenvalue weighted by atomic mass is 35.5. The third-order valence-corrected chi connectivity index (χ3v) is 7.03. The summed E-state index contributed by atoms with van der Waals surface area (Å²) < 4.78 is 32.7. The van der Waals surface area contributed by atoms with E-state index in [1.54, 1.807) is 36.5 Å². The molecule has 26 heavy (non-hydrogen) atoms. The molecule has 0 bridgehead atoms. The van der Waals surface area contributed by atoms with Crippen LogP contribution in [-0.4, -0.2) is 46.0 Å². The molecular formula is C19H23ClN2O3S. The first-order valence-corrected chi connectivity index (χ1v) is 10.3. The molecule has 0 N–H and O–H groups in total. The lowest BCUT2D eigenvalue weighted by Gasteiger charge is -2.36. The van der Waals surface area contributed by atoms with E-state index in [1.165, 1.54) is 0 Å². The Hall–Kier alpha value is -1.76. The van der Waals surface area contributed by atoms with Crippen LogP contribution in [0.3, 0.4) is 0 Å². The molecule has 1 fully saturated rings. The van der Waals surface area contributed by atoms with Crippen molar-refractivity contribution in [3.8, 4) is 5.75 Å². The standard InChI is InChI=1S/C19H23ClN2O3S/c1-14-12-16(20)4-6-18(14)21-8-10-22(11-9-21)26(23,24)19-7-5-17(25-3)13-15(19)2/h4-7,12-13H,8-11H2,1-3H3. The number of anilines is 1. The molecule has 1 aliphatic heterocycles. The Kier molecular flexibility index (Phi) is 5.46. The maximum Gasteiger partial charge on any atom is 0.243 e. The van der Waals surface area contributed by atoms with Crippen LogP contribution in [0.5, 0.6) is 5.75 Å². The van der Waals surface area contributed by atoms with Crippen molar-refractivity contribution in [1.29, 1.82) is 0 Å². The van der Waals surface area contributed by atoms with Gasteiger partial charge in [0.2, 0.25) is 10.0 Å². The molecule has 140 valence electrons. The zero-order valence-corrected chi connectivity index (χ0v) is 16.8. The summed E-state index contributed by atoms with van der Waals surface area (Å²) in [6, 6.07) is 10.9. The third kappa shape index (κ3) is 3.68. The Morgan fingerprint density at radius 1 is 0.962 bits per heavy atom. The summed E-state index contributed by atoms with van der Waals surface area (Å²) in [5.74, 6) is 0.657. The lowest BCUT2D eigenvalue weighted by Crippen LogP contribution is -2.49. The number of ether oxygens (including phenoxy) is 1. The van der Waals surface area contributed by atoms with Crippen LogP contribution in [0, 0.1) is 13.8 Å². The summed E-state index contributed by atoms with van der Waals surface area (Å²) in [6.45, 7) is 6.02. The van der Waals surface area contributed by atoms with Gasteiger partial charge in [-0.25, -0.2) is 8.42 Å². The van der Waals surface area contributed by atoms with Crippen molar-refractivity contribution in [3.05, 3.63) is 52.5 Å². The minimum atomic E-state index is -3.51. The van der Waals surface area contributed by atoms with Crippen LogP contribution in [0.25, 0.3) is 0 Å². The molecule has 0 radical (unpaired) electrons. The average Bonchev–Trinajstić information content (AvgIpc) is 2.61. The monoisotopic (exact) mass is 394 g/mol. The molecule has 0 aromatic heterocycles. The van der Waals surface area contributed by atoms with E-state index in [1.807, 2.05) is 25.1 Å². The Bertz CT molecular complexity index is 907. The lowest BCUT2D eigenvalue weighted by molar-refractivity contribution is 0.384. The Morgan fingerprint density at radius 3 is 2.23 bits per heavy atom. The number of rotatable bonds is 4. The fourth-order valence-corrected chi connectivity index (χ4v) is 5.18. The van der Waals surface area contributed by atoms with Gasteiger partial charge in [0.15, 0.2) is 0 Å². The highest BCUT2D eigenvalue weighted by Gasteiger charge is 2.30. The van der Waals surface area contributed by atoms with Crippen LogP contribution in [0.15, 0.2) is 41.3 Å². The molecule has 0 saturated carbocycles. The summed E-state index contributed by atoms with van der Waals surface area (Å²) in [5.41, 5.74) is 2.90. The van der Waals surface area contributed by atoms with E-state index in [-0.39, 0.29) is 0 Å². The van der Waals surface area contributed by atoms with Gasteiger partial charge in [-0.2, -0.15) is 4.31 Å². The largest absolute Gasteiger partial charge is 0.497 e. The number of halogens is 1. The van der Waals surface area contributed by atoms with E-state index in [2.05, 4.69) is 4.90 Å². The fraction of sp³-hybridized carbons (Fsp3) is 0.368. The van der Waals surface area contributed by atoms with Gasteiger partial charge in [0, 0.05) is 36.9 Å². The lowest BCUT2D eigenvalue weighted by atomic mass is 10.1. The zero-order chi connectivity index (χ0) is 18.9. The van der Waals surface area contributed by atoms with Gasteiger partial charge >= 0.3 is 0 Å². The number of aryl methyl sites for hydroxylation is 2. The summed E-state index contributed by atoms with van der Waals surface area (Å²) in [4.78, 5) is 2.55. The molecule has 0 atom stereocenters. The molecule has 2 aromatic carbocycles. The third-order valence-electron chi connectivity index (χ3n) is 4.74. The topological polar surface area (TPSA) is 49.9 Å². The molecule has 1 aliphatic rings. The molecule has 3 rings (SSSR count). The number of hydrogen-bond donors (Lipinski definition) is 0. The van der Waals surface area contributed by atoms with E-state index in [0.29, 0.717) is 47.4 Å². The minimum Gasteiger partial charge on any atom is -0.497 e. The summed E-state index contributed by atoms with van der Waals surface area (Å²) >= 11 is 6.03. The second-order valence-electron chi connectivity index (χ2n) is 6.45. The van der Waals surface area contributed by atoms with Crippen LogP contribution in [0.4, 0.5) is 5.69 Å². The molecule has 0 unspecified atom stereocenters. The maximum atomic E-state index is 13.0. The molecular weight excluding hydrogens is 372 g/mol. The molecule has 0 aliphatic carbocycles. The van der Waals surface area contributed by atoms with Crippen LogP contribution in [0.2, 0.25) is 5.02 Å². The number of methoxy groups -OCH3 is 1. The Morgan fingerprint density at radius 2 is 1.65 bits per heavy atom. The van der Waals surface area contributed by atoms with E-state index >= 15 is 0 Å². The van der Waals surface area contributed by atoms with Crippen molar-refractivity contribution in [1.82, 2.24) is 4.31 Å².